The van der Waals surface area contributed by atoms with E-state index in [9.17, 15) is 5.11 Å². The van der Waals surface area contributed by atoms with Crippen molar-refractivity contribution in [1.29, 1.82) is 0 Å². The van der Waals surface area contributed by atoms with Gasteiger partial charge in [0.15, 0.2) is 0 Å². The van der Waals surface area contributed by atoms with E-state index in [1.54, 1.807) is 0 Å². The first-order valence-corrected chi connectivity index (χ1v) is 7.68. The van der Waals surface area contributed by atoms with Crippen LogP contribution in [0.3, 0.4) is 0 Å². The minimum atomic E-state index is -0.322. The van der Waals surface area contributed by atoms with Crippen molar-refractivity contribution in [1.82, 2.24) is 15.0 Å². The Morgan fingerprint density at radius 1 is 1.38 bits per heavy atom. The molecule has 1 aliphatic heterocycles. The third-order valence-corrected chi connectivity index (χ3v) is 3.16. The number of rotatable bonds is 6. The van der Waals surface area contributed by atoms with Crippen LogP contribution in [0.5, 0.6) is 6.01 Å². The van der Waals surface area contributed by atoms with Gasteiger partial charge in [0.1, 0.15) is 0 Å². The molecule has 1 fully saturated rings. The van der Waals surface area contributed by atoms with Crippen molar-refractivity contribution in [3.63, 3.8) is 0 Å². The SMILES string of the molecule is CCCNc1nc(OC(C)C)nc(N2CCCC(O)C2)n1. The molecule has 2 N–H and O–H groups in total. The molecule has 0 aromatic carbocycles. The lowest BCUT2D eigenvalue weighted by atomic mass is 10.1. The van der Waals surface area contributed by atoms with Crippen LogP contribution in [0.2, 0.25) is 0 Å². The number of nitrogens with one attached hydrogen (secondary N) is 1. The number of piperidine rings is 1. The molecule has 0 spiro atoms. The number of β-amino-alcohol motifs (C(OH)–C–C–N with tert-alkyl or cyclic N) is 1. The number of aliphatic hydroxyl groups is 1. The maximum atomic E-state index is 9.81. The Bertz CT molecular complexity index is 455. The van der Waals surface area contributed by atoms with Crippen LogP contribution in [-0.4, -0.2) is 51.9 Å². The summed E-state index contributed by atoms with van der Waals surface area (Å²) in [5, 5.41) is 13.0. The molecule has 1 aromatic rings. The number of ether oxygens (including phenoxy) is 1. The lowest BCUT2D eigenvalue weighted by Crippen LogP contribution is -2.39. The lowest BCUT2D eigenvalue weighted by Gasteiger charge is -2.30. The summed E-state index contributed by atoms with van der Waals surface area (Å²) in [6.07, 6.45) is 2.44. The topological polar surface area (TPSA) is 83.4 Å². The van der Waals surface area contributed by atoms with Crippen molar-refractivity contribution in [2.24, 2.45) is 0 Å². The summed E-state index contributed by atoms with van der Waals surface area (Å²) in [6, 6.07) is 0.327. The summed E-state index contributed by atoms with van der Waals surface area (Å²) in [6.45, 7) is 8.16. The molecule has 2 rings (SSSR count). The van der Waals surface area contributed by atoms with Crippen LogP contribution in [0.1, 0.15) is 40.0 Å². The number of aliphatic hydroxyl groups excluding tert-OH is 1. The Kier molecular flexibility index (Phi) is 5.55. The fourth-order valence-corrected chi connectivity index (χ4v) is 2.20. The summed E-state index contributed by atoms with van der Waals surface area (Å²) in [5.41, 5.74) is 0. The zero-order valence-corrected chi connectivity index (χ0v) is 13.0. The molecular formula is C14H25N5O2. The molecule has 0 amide bonds. The molecule has 118 valence electrons. The summed E-state index contributed by atoms with van der Waals surface area (Å²) in [4.78, 5) is 15.1. The quantitative estimate of drug-likeness (QED) is 0.821. The van der Waals surface area contributed by atoms with E-state index in [1.165, 1.54) is 0 Å². The fraction of sp³-hybridized carbons (Fsp3) is 0.786. The summed E-state index contributed by atoms with van der Waals surface area (Å²) in [5.74, 6) is 1.09. The summed E-state index contributed by atoms with van der Waals surface area (Å²) in [7, 11) is 0. The van der Waals surface area contributed by atoms with Crippen molar-refractivity contribution in [2.45, 2.75) is 52.2 Å². The molecule has 1 unspecified atom stereocenters. The Hall–Kier alpha value is -1.63. The van der Waals surface area contributed by atoms with Crippen molar-refractivity contribution < 1.29 is 9.84 Å². The van der Waals surface area contributed by atoms with Crippen LogP contribution in [0.4, 0.5) is 11.9 Å². The number of hydrogen-bond acceptors (Lipinski definition) is 7. The van der Waals surface area contributed by atoms with Crippen molar-refractivity contribution in [2.75, 3.05) is 29.9 Å². The highest BCUT2D eigenvalue weighted by atomic mass is 16.5. The maximum absolute atomic E-state index is 9.81. The second-order valence-electron chi connectivity index (χ2n) is 5.58. The van der Waals surface area contributed by atoms with Crippen molar-refractivity contribution in [3.8, 4) is 6.01 Å². The highest BCUT2D eigenvalue weighted by Gasteiger charge is 2.21. The predicted octanol–water partition coefficient (Wildman–Crippen LogP) is 1.44. The molecule has 2 heterocycles. The molecule has 1 saturated heterocycles. The average Bonchev–Trinajstić information content (AvgIpc) is 2.44. The van der Waals surface area contributed by atoms with Gasteiger partial charge >= 0.3 is 6.01 Å². The van der Waals surface area contributed by atoms with Crippen LogP contribution in [0.15, 0.2) is 0 Å². The smallest absolute Gasteiger partial charge is 0.323 e. The minimum absolute atomic E-state index is 0.00576. The van der Waals surface area contributed by atoms with E-state index >= 15 is 0 Å². The molecule has 1 aromatic heterocycles. The largest absolute Gasteiger partial charge is 0.461 e. The van der Waals surface area contributed by atoms with Gasteiger partial charge in [0.25, 0.3) is 0 Å². The fourth-order valence-electron chi connectivity index (χ4n) is 2.20. The minimum Gasteiger partial charge on any atom is -0.461 e. The zero-order chi connectivity index (χ0) is 15.2. The van der Waals surface area contributed by atoms with Gasteiger partial charge in [-0.1, -0.05) is 6.92 Å². The lowest BCUT2D eigenvalue weighted by molar-refractivity contribution is 0.153. The first-order chi connectivity index (χ1) is 10.1. The molecular weight excluding hydrogens is 270 g/mol. The maximum Gasteiger partial charge on any atom is 0.323 e. The van der Waals surface area contributed by atoms with E-state index in [-0.39, 0.29) is 12.2 Å². The summed E-state index contributed by atoms with van der Waals surface area (Å²) < 4.78 is 5.60. The molecule has 1 atom stereocenters. The molecule has 0 saturated carbocycles. The van der Waals surface area contributed by atoms with Crippen LogP contribution >= 0.6 is 0 Å². The highest BCUT2D eigenvalue weighted by Crippen LogP contribution is 2.20. The molecule has 1 aliphatic rings. The van der Waals surface area contributed by atoms with Crippen LogP contribution in [0.25, 0.3) is 0 Å². The normalized spacial score (nSPS) is 18.9. The van der Waals surface area contributed by atoms with E-state index in [2.05, 4.69) is 27.2 Å². The third-order valence-electron chi connectivity index (χ3n) is 3.16. The van der Waals surface area contributed by atoms with E-state index < -0.39 is 0 Å². The number of aromatic nitrogens is 3. The third kappa shape index (κ3) is 4.70. The molecule has 7 nitrogen and oxygen atoms in total. The average molecular weight is 295 g/mol. The van der Waals surface area contributed by atoms with E-state index in [0.717, 1.165) is 32.4 Å². The summed E-state index contributed by atoms with van der Waals surface area (Å²) >= 11 is 0. The van der Waals surface area contributed by atoms with E-state index in [1.807, 2.05) is 18.7 Å². The van der Waals surface area contributed by atoms with Gasteiger partial charge < -0.3 is 20.1 Å². The number of anilines is 2. The Morgan fingerprint density at radius 3 is 2.86 bits per heavy atom. The van der Waals surface area contributed by atoms with Crippen LogP contribution < -0.4 is 15.0 Å². The van der Waals surface area contributed by atoms with Gasteiger partial charge in [0, 0.05) is 19.6 Å². The van der Waals surface area contributed by atoms with Gasteiger partial charge in [-0.3, -0.25) is 0 Å². The molecule has 21 heavy (non-hydrogen) atoms. The number of nitrogens with zero attached hydrogens (tertiary/aromatic N) is 4. The second-order valence-corrected chi connectivity index (χ2v) is 5.58. The van der Waals surface area contributed by atoms with Gasteiger partial charge in [0.2, 0.25) is 11.9 Å². The Morgan fingerprint density at radius 2 is 2.19 bits per heavy atom. The second kappa shape index (κ2) is 7.40. The van der Waals surface area contributed by atoms with Crippen LogP contribution in [-0.2, 0) is 0 Å². The van der Waals surface area contributed by atoms with Gasteiger partial charge in [-0.25, -0.2) is 0 Å². The van der Waals surface area contributed by atoms with Crippen molar-refractivity contribution >= 4 is 11.9 Å². The van der Waals surface area contributed by atoms with Gasteiger partial charge in [-0.2, -0.15) is 15.0 Å². The molecule has 0 aliphatic carbocycles. The van der Waals surface area contributed by atoms with Crippen LogP contribution in [0, 0.1) is 0 Å². The monoisotopic (exact) mass is 295 g/mol. The Balaban J connectivity index is 2.20. The molecule has 7 heteroatoms. The Labute approximate surface area is 125 Å². The van der Waals surface area contributed by atoms with Gasteiger partial charge in [0.05, 0.1) is 12.2 Å². The predicted molar refractivity (Wildman–Crippen MR) is 81.8 cm³/mol. The first kappa shape index (κ1) is 15.8. The zero-order valence-electron chi connectivity index (χ0n) is 13.0. The number of hydrogen-bond donors (Lipinski definition) is 2. The van der Waals surface area contributed by atoms with Crippen molar-refractivity contribution in [3.05, 3.63) is 0 Å². The van der Waals surface area contributed by atoms with E-state index in [0.29, 0.717) is 24.5 Å². The van der Waals surface area contributed by atoms with Gasteiger partial charge in [-0.05, 0) is 33.1 Å². The first-order valence-electron chi connectivity index (χ1n) is 7.68. The highest BCUT2D eigenvalue weighted by molar-refractivity contribution is 5.39. The van der Waals surface area contributed by atoms with Gasteiger partial charge in [-0.15, -0.1) is 0 Å². The molecule has 0 radical (unpaired) electrons. The standard InChI is InChI=1S/C14H25N5O2/c1-4-7-15-12-16-13(18-14(17-12)21-10(2)3)19-8-5-6-11(20)9-19/h10-11,20H,4-9H2,1-3H3,(H,15,16,17,18). The molecule has 0 bridgehead atoms. The van der Waals surface area contributed by atoms with E-state index in [4.69, 9.17) is 4.74 Å².